The number of Topliss-reactive ketones (excluding diaryl/α,β-unsaturated/α-hetero) is 1. The van der Waals surface area contributed by atoms with E-state index in [1.807, 2.05) is 27.7 Å². The summed E-state index contributed by atoms with van der Waals surface area (Å²) in [5.41, 5.74) is -3.28. The second-order valence-electron chi connectivity index (χ2n) is 28.9. The lowest BCUT2D eigenvalue weighted by atomic mass is 9.41. The quantitative estimate of drug-likeness (QED) is 0.0347. The summed E-state index contributed by atoms with van der Waals surface area (Å²) in [7, 11) is -4.13. The van der Waals surface area contributed by atoms with E-state index in [-0.39, 0.29) is 30.0 Å². The fourth-order valence-electron chi connectivity index (χ4n) is 17.9. The molecule has 0 aromatic heterocycles. The van der Waals surface area contributed by atoms with Crippen molar-refractivity contribution in [2.45, 2.75) is 273 Å². The molecule has 0 aromatic rings. The van der Waals surface area contributed by atoms with E-state index >= 15 is 0 Å². The van der Waals surface area contributed by atoms with Gasteiger partial charge in [0.2, 0.25) is 0 Å². The largest absolute Gasteiger partial charge is 0.462 e. The van der Waals surface area contributed by atoms with Gasteiger partial charge in [-0.2, -0.15) is 8.42 Å². The van der Waals surface area contributed by atoms with Gasteiger partial charge in [0.25, 0.3) is 0 Å². The number of ketones is 1. The second-order valence-corrected chi connectivity index (χ2v) is 29.9. The highest BCUT2D eigenvalue weighted by Gasteiger charge is 2.80. The summed E-state index contributed by atoms with van der Waals surface area (Å²) in [5, 5.41) is 122. The first-order valence-electron chi connectivity index (χ1n) is 32.1. The van der Waals surface area contributed by atoms with Crippen molar-refractivity contribution < 1.29 is 149 Å². The first kappa shape index (κ1) is 73.1. The number of cyclic esters (lactones) is 1. The van der Waals surface area contributed by atoms with Crippen LogP contribution in [-0.2, 0) is 90.5 Å². The van der Waals surface area contributed by atoms with Crippen molar-refractivity contribution in [1.82, 2.24) is 0 Å². The fourth-order valence-corrected chi connectivity index (χ4v) is 18.4. The molecule has 4 aliphatic carbocycles. The molecule has 0 bridgehead atoms. The molecule has 93 heavy (non-hydrogen) atoms. The monoisotopic (exact) mass is 1360 g/mol. The van der Waals surface area contributed by atoms with Crippen molar-refractivity contribution in [2.75, 3.05) is 33.5 Å². The lowest BCUT2D eigenvalue weighted by Crippen LogP contribution is -2.68. The van der Waals surface area contributed by atoms with Crippen LogP contribution in [-0.4, -0.2) is 280 Å². The fraction of sp³-hybridized carbons (Fsp3) is 0.918. The zero-order valence-corrected chi connectivity index (χ0v) is 54.7. The Morgan fingerprint density at radius 1 is 0.677 bits per heavy atom. The molecule has 3 saturated carbocycles. The van der Waals surface area contributed by atoms with Gasteiger partial charge >= 0.3 is 22.3 Å². The molecular formula is C61H96O31S. The summed E-state index contributed by atoms with van der Waals surface area (Å²) >= 11 is 0. The van der Waals surface area contributed by atoms with Gasteiger partial charge in [-0.1, -0.05) is 53.2 Å². The number of aliphatic hydroxyl groups excluding tert-OH is 11. The normalized spacial score (nSPS) is 49.8. The van der Waals surface area contributed by atoms with Gasteiger partial charge < -0.3 is 118 Å². The van der Waals surface area contributed by atoms with Crippen molar-refractivity contribution in [3.63, 3.8) is 0 Å². The number of carbonyl (C=O) groups is 3. The minimum atomic E-state index is -5.29. The van der Waals surface area contributed by atoms with E-state index in [1.54, 1.807) is 6.92 Å². The number of carbonyl (C=O) groups excluding carboxylic acids is 3. The van der Waals surface area contributed by atoms with Gasteiger partial charge in [0.1, 0.15) is 121 Å². The molecule has 1 spiro atoms. The third-order valence-corrected chi connectivity index (χ3v) is 22.8. The minimum absolute atomic E-state index is 0.0172. The number of hydrogen-bond acceptors (Lipinski definition) is 30. The van der Waals surface area contributed by atoms with Crippen LogP contribution in [0.2, 0.25) is 0 Å². The van der Waals surface area contributed by atoms with Gasteiger partial charge in [-0.15, -0.1) is 0 Å². The van der Waals surface area contributed by atoms with Crippen LogP contribution in [0.1, 0.15) is 114 Å². The molecule has 31 nitrogen and oxygen atoms in total. The smallest absolute Gasteiger partial charge is 0.397 e. The van der Waals surface area contributed by atoms with E-state index in [1.165, 1.54) is 13.8 Å². The number of rotatable bonds is 20. The van der Waals surface area contributed by atoms with Gasteiger partial charge in [-0.05, 0) is 81.0 Å². The van der Waals surface area contributed by atoms with Crippen molar-refractivity contribution in [1.29, 1.82) is 0 Å². The topological polar surface area (TPSA) is 457 Å². The van der Waals surface area contributed by atoms with Crippen LogP contribution >= 0.6 is 0 Å². The SMILES string of the molecule is CO[C@@H]1[C@@H](O)[C@H](O[C@@H]2[C@@H](O)[C@H](O[C@H]3[C@H](O)[C@@H](O[C@@H]4OC[C@@H](O)[C@H](O)[C@H]4O)[C@H](O[C@H]4[C@H](O[C@H]5CC[C@]6(C)[C@H]7CC[C@]89C(=O)O[C@@](C)(CC(=O)CC(C)C)[C@H]8[C@@H](OC(C)=O)C[C@@]9(C)C7=CC[C@H]6C5(C)C)OC[C@@H](OS(=O)(=O)O)[C@@H]4O)O[C@@H]3C)O[C@H](CO)[C@H]2O)O[C@H](CO)[C@H]1O. The first-order chi connectivity index (χ1) is 43.5. The molecule has 10 rings (SSSR count). The van der Waals surface area contributed by atoms with Crippen molar-refractivity contribution >= 4 is 28.1 Å². The van der Waals surface area contributed by atoms with E-state index in [4.69, 9.17) is 65.8 Å². The number of allylic oxidation sites excluding steroid dienone is 2. The van der Waals surface area contributed by atoms with Crippen molar-refractivity contribution in [3.8, 4) is 0 Å². The van der Waals surface area contributed by atoms with E-state index in [0.29, 0.717) is 44.9 Å². The molecule has 12 N–H and O–H groups in total. The number of hydrogen-bond donors (Lipinski definition) is 12. The standard InChI is InChI=1S/C61H96O31S/c1-24(2)17-27(65)18-60(9)50-31(83-26(4)64)19-59(8)29-11-12-35-57(5,6)36(14-15-58(35,7)28(29)13-16-61(50,59)56(75)91-60)86-54-48(40(70)34(23-81-54)92-93(76,77)78)90-55-49(89-51-41(71)37(67)30(66)22-80-51)42(72)45(25(3)82-55)87-53-44(74)47(39(69)33(21-63)85-53)88-52-43(73)46(79-10)38(68)32(20-62)84-52/h11,24-25,28,30-55,62-63,66-74H,12-23H2,1-10H3,(H,76,77,78)/t25-,28+,30-,31+,32-,33-,34-,35+,36+,37+,38-,39-,40+,41-,42+,43-,44-,45-,46+,47+,48-,49-,50-,51+,52+,53+,54+,55+,58-,59+,60+,61-/m1/s1. The van der Waals surface area contributed by atoms with Crippen molar-refractivity contribution in [2.24, 2.45) is 45.3 Å². The zero-order valence-electron chi connectivity index (χ0n) is 53.8. The number of ether oxygens (including phenoxy) is 13. The Labute approximate surface area is 539 Å². The second kappa shape index (κ2) is 27.5. The highest BCUT2D eigenvalue weighted by atomic mass is 32.3. The highest BCUT2D eigenvalue weighted by Crippen LogP contribution is 2.77. The maximum Gasteiger partial charge on any atom is 0.397 e. The maximum absolute atomic E-state index is 14.8. The van der Waals surface area contributed by atoms with Crippen molar-refractivity contribution in [3.05, 3.63) is 11.6 Å². The molecule has 6 aliphatic heterocycles. The van der Waals surface area contributed by atoms with Gasteiger partial charge in [0.15, 0.2) is 31.5 Å². The number of methoxy groups -OCH3 is 1. The lowest BCUT2D eigenvalue weighted by molar-refractivity contribution is -0.403. The summed E-state index contributed by atoms with van der Waals surface area (Å²) in [6, 6.07) is 0. The number of aliphatic hydroxyl groups is 11. The van der Waals surface area contributed by atoms with Crippen LogP contribution in [0.25, 0.3) is 0 Å². The minimum Gasteiger partial charge on any atom is -0.462 e. The van der Waals surface area contributed by atoms with E-state index in [2.05, 4.69) is 19.9 Å². The van der Waals surface area contributed by atoms with Crippen LogP contribution in [0.3, 0.4) is 0 Å². The molecule has 532 valence electrons. The van der Waals surface area contributed by atoms with E-state index in [0.717, 1.165) is 12.7 Å². The van der Waals surface area contributed by atoms with Crippen LogP contribution in [0.15, 0.2) is 11.6 Å². The van der Waals surface area contributed by atoms with E-state index < -0.39 is 235 Å². The van der Waals surface area contributed by atoms with Crippen LogP contribution < -0.4 is 0 Å². The summed E-state index contributed by atoms with van der Waals surface area (Å²) in [4.78, 5) is 41.2. The predicted octanol–water partition coefficient (Wildman–Crippen LogP) is -2.30. The molecule has 10 aliphatic rings. The summed E-state index contributed by atoms with van der Waals surface area (Å²) in [5.74, 6) is -1.70. The Hall–Kier alpha value is -2.66. The molecule has 32 atom stereocenters. The Morgan fingerprint density at radius 3 is 1.88 bits per heavy atom. The molecule has 0 unspecified atom stereocenters. The Bertz CT molecular complexity index is 2810. The lowest BCUT2D eigenvalue weighted by Gasteiger charge is -2.64. The zero-order chi connectivity index (χ0) is 68.1. The van der Waals surface area contributed by atoms with Gasteiger partial charge in [0, 0.05) is 32.3 Å². The Kier molecular flexibility index (Phi) is 21.6. The average Bonchev–Trinajstić information content (AvgIpc) is 1.53. The summed E-state index contributed by atoms with van der Waals surface area (Å²) < 4.78 is 118. The first-order valence-corrected chi connectivity index (χ1v) is 33.5. The average molecular weight is 1360 g/mol. The predicted molar refractivity (Wildman–Crippen MR) is 309 cm³/mol. The molecule has 32 heteroatoms. The summed E-state index contributed by atoms with van der Waals surface area (Å²) in [6.07, 6.45) is -37.4. The Balaban J connectivity index is 0.917. The van der Waals surface area contributed by atoms with Gasteiger partial charge in [0.05, 0.1) is 50.0 Å². The molecule has 6 saturated heterocycles. The van der Waals surface area contributed by atoms with Crippen LogP contribution in [0, 0.1) is 45.3 Å². The maximum atomic E-state index is 14.8. The van der Waals surface area contributed by atoms with Crippen LogP contribution in [0.5, 0.6) is 0 Å². The third kappa shape index (κ3) is 13.2. The summed E-state index contributed by atoms with van der Waals surface area (Å²) in [6.45, 7) is 13.7. The molecule has 0 aromatic carbocycles. The molecule has 6 heterocycles. The third-order valence-electron chi connectivity index (χ3n) is 22.3. The van der Waals surface area contributed by atoms with E-state index in [9.17, 15) is 83.5 Å². The van der Waals surface area contributed by atoms with Gasteiger partial charge in [-0.3, -0.25) is 18.9 Å². The van der Waals surface area contributed by atoms with Gasteiger partial charge in [-0.25, -0.2) is 4.18 Å². The molecule has 9 fully saturated rings. The molecule has 0 radical (unpaired) electrons. The van der Waals surface area contributed by atoms with Crippen LogP contribution in [0.4, 0.5) is 0 Å². The molecular weight excluding hydrogens is 1260 g/mol. The number of esters is 2. The highest BCUT2D eigenvalue weighted by molar-refractivity contribution is 7.80. The number of fused-ring (bicyclic) bond motifs is 4. The Morgan fingerprint density at radius 2 is 1.27 bits per heavy atom. The molecule has 0 amide bonds.